The van der Waals surface area contributed by atoms with E-state index in [-0.39, 0.29) is 33.2 Å². The Hall–Kier alpha value is -6.14. The van der Waals surface area contributed by atoms with Gasteiger partial charge in [-0.1, -0.05) is 41.6 Å². The molecule has 8 N–H and O–H groups in total. The first kappa shape index (κ1) is 38.3. The number of nitro benzene ring substituents is 2. The zero-order chi connectivity index (χ0) is 37.5. The molecular formula is C32H32N8O8S2. The Balaban J connectivity index is 0.000000271. The maximum atomic E-state index is 12.9. The molecule has 0 spiro atoms. The molecule has 0 bridgehead atoms. The minimum atomic E-state index is -4.16. The predicted octanol–water partition coefficient (Wildman–Crippen LogP) is 4.23. The second-order valence-electron chi connectivity index (χ2n) is 10.7. The standard InChI is InChI=1S/C16H16N4O5S.C16H16N4O3S/c1-9-4-3-5-11(6-9)26(24,25)14-7-10(2)12(8-13(14)20(22)23)15(21)19-16(17)18;1-9-4-3-5-11(6-9)24-14-7-10(2)12(8-13(14)20(22)23)15(21)19-16(17)18/h3-8H,1-2H3,(H4,17,18,19,21);3-8H,1-2H3,(H4,17,18,19,21). The summed E-state index contributed by atoms with van der Waals surface area (Å²) in [5.74, 6) is -2.50. The minimum Gasteiger partial charge on any atom is -0.370 e. The van der Waals surface area contributed by atoms with Crippen LogP contribution < -0.4 is 22.9 Å². The fraction of sp³-hybridized carbons (Fsp3) is 0.125. The zero-order valence-corrected chi connectivity index (χ0v) is 28.7. The molecule has 4 aromatic carbocycles. The number of hydrogen-bond acceptors (Lipinski definition) is 9. The summed E-state index contributed by atoms with van der Waals surface area (Å²) in [6, 6.07) is 18.4. The number of guanidine groups is 2. The molecule has 0 saturated heterocycles. The van der Waals surface area contributed by atoms with Crippen LogP contribution in [0.3, 0.4) is 0 Å². The first-order chi connectivity index (χ1) is 23.3. The topological polar surface area (TPSA) is 283 Å². The summed E-state index contributed by atoms with van der Waals surface area (Å²) >= 11 is 1.27. The molecule has 4 rings (SSSR count). The van der Waals surface area contributed by atoms with Crippen LogP contribution in [-0.2, 0) is 9.84 Å². The lowest BCUT2D eigenvalue weighted by Crippen LogP contribution is -2.24. The first-order valence-corrected chi connectivity index (χ1v) is 16.5. The third kappa shape index (κ3) is 9.48. The van der Waals surface area contributed by atoms with Crippen LogP contribution in [0.5, 0.6) is 0 Å². The number of nitrogens with zero attached hydrogens (tertiary/aromatic N) is 4. The van der Waals surface area contributed by atoms with Crippen molar-refractivity contribution in [3.05, 3.63) is 126 Å². The smallest absolute Gasteiger partial charge is 0.289 e. The molecule has 0 fully saturated rings. The van der Waals surface area contributed by atoms with Crippen molar-refractivity contribution in [2.75, 3.05) is 0 Å². The number of rotatable bonds is 8. The summed E-state index contributed by atoms with van der Waals surface area (Å²) in [6.45, 7) is 6.77. The molecular weight excluding hydrogens is 689 g/mol. The van der Waals surface area contributed by atoms with Crippen molar-refractivity contribution in [3.63, 3.8) is 0 Å². The van der Waals surface area contributed by atoms with Gasteiger partial charge in [-0.3, -0.25) is 29.8 Å². The van der Waals surface area contributed by atoms with Crippen LogP contribution >= 0.6 is 11.8 Å². The highest BCUT2D eigenvalue weighted by atomic mass is 32.2. The highest BCUT2D eigenvalue weighted by Gasteiger charge is 2.30. The Kier molecular flexibility index (Phi) is 12.1. The SMILES string of the molecule is Cc1cccc(S(=O)(=O)c2cc(C)c(C(=O)N=C(N)N)cc2[N+](=O)[O-])c1.Cc1cccc(Sc2cc(C)c(C(=O)N=C(N)N)cc2[N+](=O)[O-])c1. The highest BCUT2D eigenvalue weighted by Crippen LogP contribution is 2.37. The van der Waals surface area contributed by atoms with Crippen molar-refractivity contribution in [1.82, 2.24) is 0 Å². The normalized spacial score (nSPS) is 10.6. The number of aryl methyl sites for hydroxylation is 4. The fourth-order valence-electron chi connectivity index (χ4n) is 4.45. The molecule has 0 atom stereocenters. The Morgan fingerprint density at radius 2 is 1.16 bits per heavy atom. The molecule has 0 saturated carbocycles. The third-order valence-electron chi connectivity index (χ3n) is 6.73. The summed E-state index contributed by atoms with van der Waals surface area (Å²) in [5.41, 5.74) is 22.2. The molecule has 50 heavy (non-hydrogen) atoms. The van der Waals surface area contributed by atoms with Crippen molar-refractivity contribution >= 4 is 56.7 Å². The number of carbonyl (C=O) groups excluding carboxylic acids is 2. The van der Waals surface area contributed by atoms with Crippen LogP contribution in [0.4, 0.5) is 11.4 Å². The van der Waals surface area contributed by atoms with Crippen LogP contribution in [0, 0.1) is 47.9 Å². The lowest BCUT2D eigenvalue weighted by Gasteiger charge is -2.09. The molecule has 0 radical (unpaired) electrons. The van der Waals surface area contributed by atoms with Gasteiger partial charge in [-0.05, 0) is 80.8 Å². The van der Waals surface area contributed by atoms with Crippen molar-refractivity contribution < 1.29 is 27.9 Å². The van der Waals surface area contributed by atoms with Crippen LogP contribution in [0.25, 0.3) is 0 Å². The summed E-state index contributed by atoms with van der Waals surface area (Å²) < 4.78 is 25.7. The van der Waals surface area contributed by atoms with Gasteiger partial charge in [-0.25, -0.2) is 8.42 Å². The predicted molar refractivity (Wildman–Crippen MR) is 188 cm³/mol. The summed E-state index contributed by atoms with van der Waals surface area (Å²) in [7, 11) is -4.16. The van der Waals surface area contributed by atoms with E-state index in [9.17, 15) is 38.2 Å². The molecule has 0 heterocycles. The second kappa shape index (κ2) is 15.8. The highest BCUT2D eigenvalue weighted by molar-refractivity contribution is 7.99. The molecule has 2 amide bonds. The molecule has 18 heteroatoms. The van der Waals surface area contributed by atoms with E-state index in [1.807, 2.05) is 31.2 Å². The Bertz CT molecular complexity index is 2190. The van der Waals surface area contributed by atoms with Crippen molar-refractivity contribution in [2.24, 2.45) is 32.9 Å². The van der Waals surface area contributed by atoms with Gasteiger partial charge in [0.1, 0.15) is 4.90 Å². The van der Waals surface area contributed by atoms with Gasteiger partial charge in [0.2, 0.25) is 9.84 Å². The van der Waals surface area contributed by atoms with Gasteiger partial charge in [-0.15, -0.1) is 0 Å². The summed E-state index contributed by atoms with van der Waals surface area (Å²) in [4.78, 5) is 52.9. The quantitative estimate of drug-likeness (QED) is 0.0859. The van der Waals surface area contributed by atoms with Gasteiger partial charge in [-0.2, -0.15) is 9.98 Å². The van der Waals surface area contributed by atoms with Crippen LogP contribution in [-0.4, -0.2) is 42.0 Å². The van der Waals surface area contributed by atoms with Crippen molar-refractivity contribution in [2.45, 2.75) is 47.3 Å². The first-order valence-electron chi connectivity index (χ1n) is 14.2. The largest absolute Gasteiger partial charge is 0.370 e. The molecule has 0 unspecified atom stereocenters. The third-order valence-corrected chi connectivity index (χ3v) is 9.55. The van der Waals surface area contributed by atoms with Gasteiger partial charge in [0, 0.05) is 17.0 Å². The lowest BCUT2D eigenvalue weighted by atomic mass is 10.1. The maximum absolute atomic E-state index is 12.9. The van der Waals surface area contributed by atoms with Gasteiger partial charge in [0.05, 0.1) is 30.8 Å². The average Bonchev–Trinajstić information content (AvgIpc) is 3.00. The van der Waals surface area contributed by atoms with E-state index in [0.717, 1.165) is 22.6 Å². The number of carbonyl (C=O) groups is 2. The van der Waals surface area contributed by atoms with E-state index in [2.05, 4.69) is 9.98 Å². The number of hydrogen-bond donors (Lipinski definition) is 4. The second-order valence-corrected chi connectivity index (χ2v) is 13.7. The lowest BCUT2D eigenvalue weighted by molar-refractivity contribution is -0.388. The monoisotopic (exact) mass is 720 g/mol. The number of aliphatic imine (C=N–C) groups is 2. The zero-order valence-electron chi connectivity index (χ0n) is 27.1. The van der Waals surface area contributed by atoms with E-state index < -0.39 is 48.0 Å². The van der Waals surface area contributed by atoms with Crippen molar-refractivity contribution in [1.29, 1.82) is 0 Å². The van der Waals surface area contributed by atoms with Gasteiger partial charge < -0.3 is 22.9 Å². The van der Waals surface area contributed by atoms with Crippen LogP contribution in [0.2, 0.25) is 0 Å². The van der Waals surface area contributed by atoms with Crippen molar-refractivity contribution in [3.8, 4) is 0 Å². The van der Waals surface area contributed by atoms with E-state index >= 15 is 0 Å². The van der Waals surface area contributed by atoms with E-state index in [1.165, 1.54) is 43.0 Å². The molecule has 16 nitrogen and oxygen atoms in total. The maximum Gasteiger partial charge on any atom is 0.289 e. The molecule has 4 aromatic rings. The molecule has 0 aromatic heterocycles. The number of nitrogens with two attached hydrogens (primary N) is 4. The Morgan fingerprint density at radius 1 is 0.680 bits per heavy atom. The Labute approximate surface area is 290 Å². The van der Waals surface area contributed by atoms with E-state index in [4.69, 9.17) is 22.9 Å². The summed E-state index contributed by atoms with van der Waals surface area (Å²) in [6.07, 6.45) is 0. The molecule has 0 aliphatic heterocycles. The Morgan fingerprint density at radius 3 is 1.64 bits per heavy atom. The van der Waals surface area contributed by atoms with Gasteiger partial charge >= 0.3 is 0 Å². The van der Waals surface area contributed by atoms with E-state index in [1.54, 1.807) is 26.0 Å². The fourth-order valence-corrected chi connectivity index (χ4v) is 7.17. The van der Waals surface area contributed by atoms with Gasteiger partial charge in [0.15, 0.2) is 11.9 Å². The average molecular weight is 721 g/mol. The number of benzene rings is 4. The number of nitro groups is 2. The van der Waals surface area contributed by atoms with Crippen LogP contribution in [0.1, 0.15) is 43.0 Å². The molecule has 0 aliphatic carbocycles. The van der Waals surface area contributed by atoms with E-state index in [0.29, 0.717) is 16.0 Å². The number of amides is 2. The minimum absolute atomic E-state index is 0.0803. The molecule has 0 aliphatic rings. The summed E-state index contributed by atoms with van der Waals surface area (Å²) in [5, 5.41) is 22.8. The number of sulfone groups is 1. The van der Waals surface area contributed by atoms with Crippen LogP contribution in [0.15, 0.2) is 102 Å². The molecule has 260 valence electrons. The van der Waals surface area contributed by atoms with Gasteiger partial charge in [0.25, 0.3) is 23.2 Å².